The number of hydrogen-bond acceptors (Lipinski definition) is 8. The Labute approximate surface area is 154 Å². The predicted octanol–water partition coefficient (Wildman–Crippen LogP) is -1.94. The summed E-state index contributed by atoms with van der Waals surface area (Å²) in [5.41, 5.74) is 0.646. The van der Waals surface area contributed by atoms with Crippen molar-refractivity contribution in [3.05, 3.63) is 30.3 Å². The van der Waals surface area contributed by atoms with E-state index in [1.807, 2.05) is 25.2 Å². The summed E-state index contributed by atoms with van der Waals surface area (Å²) >= 11 is 1.02. The van der Waals surface area contributed by atoms with Gasteiger partial charge < -0.3 is 24.6 Å². The summed E-state index contributed by atoms with van der Waals surface area (Å²) in [6.45, 7) is 0.725. The van der Waals surface area contributed by atoms with Gasteiger partial charge in [-0.1, -0.05) is 11.2 Å². The van der Waals surface area contributed by atoms with E-state index in [0.29, 0.717) is 23.8 Å². The van der Waals surface area contributed by atoms with Crippen molar-refractivity contribution in [2.45, 2.75) is 18.5 Å². The molecule has 10 heteroatoms. The second-order valence-electron chi connectivity index (χ2n) is 6.14. The normalized spacial score (nSPS) is 22.3. The highest BCUT2D eigenvalue weighted by atomic mass is 32.2. The van der Waals surface area contributed by atoms with Crippen molar-refractivity contribution in [3.63, 3.8) is 0 Å². The molecule has 9 nitrogen and oxygen atoms in total. The van der Waals surface area contributed by atoms with Gasteiger partial charge in [-0.15, -0.1) is 11.8 Å². The molecule has 2 aromatic rings. The summed E-state index contributed by atoms with van der Waals surface area (Å²) in [6, 6.07) is 5.45. The highest BCUT2D eigenvalue weighted by Gasteiger charge is 2.39. The number of quaternary nitrogens is 1. The number of amides is 1. The second kappa shape index (κ2) is 8.28. The molecule has 1 aliphatic rings. The van der Waals surface area contributed by atoms with Crippen LogP contribution in [0.1, 0.15) is 18.4 Å². The van der Waals surface area contributed by atoms with Gasteiger partial charge in [0, 0.05) is 18.4 Å². The maximum atomic E-state index is 11.9. The van der Waals surface area contributed by atoms with E-state index in [9.17, 15) is 14.7 Å². The van der Waals surface area contributed by atoms with Gasteiger partial charge in [0.25, 0.3) is 5.89 Å². The summed E-state index contributed by atoms with van der Waals surface area (Å²) in [7, 11) is 2.01. The molecule has 0 radical (unpaired) electrons. The van der Waals surface area contributed by atoms with E-state index in [1.54, 1.807) is 6.20 Å². The minimum atomic E-state index is -1.17. The van der Waals surface area contributed by atoms with Gasteiger partial charge in [0.15, 0.2) is 6.04 Å². The minimum absolute atomic E-state index is 0.0128. The summed E-state index contributed by atoms with van der Waals surface area (Å²) in [5, 5.41) is 17.3. The van der Waals surface area contributed by atoms with Crippen LogP contribution in [0.3, 0.4) is 0 Å². The van der Waals surface area contributed by atoms with Gasteiger partial charge in [0.1, 0.15) is 5.69 Å². The number of carboxylic acid groups (broad SMARTS) is 1. The molecule has 138 valence electrons. The van der Waals surface area contributed by atoms with Crippen LogP contribution in [0.4, 0.5) is 0 Å². The number of hydrogen-bond donors (Lipinski definition) is 2. The summed E-state index contributed by atoms with van der Waals surface area (Å²) in [5.74, 6) is -0.490. The molecule has 1 saturated heterocycles. The lowest BCUT2D eigenvalue weighted by molar-refractivity contribution is -0.900. The Morgan fingerprint density at radius 3 is 3.00 bits per heavy atom. The van der Waals surface area contributed by atoms with Gasteiger partial charge in [-0.3, -0.25) is 9.78 Å². The van der Waals surface area contributed by atoms with E-state index >= 15 is 0 Å². The molecule has 3 atom stereocenters. The van der Waals surface area contributed by atoms with Crippen molar-refractivity contribution < 1.29 is 24.1 Å². The van der Waals surface area contributed by atoms with E-state index in [1.165, 1.54) is 0 Å². The van der Waals surface area contributed by atoms with E-state index in [-0.39, 0.29) is 29.5 Å². The molecule has 0 bridgehead atoms. The first-order chi connectivity index (χ1) is 12.5. The average Bonchev–Trinajstić information content (AvgIpc) is 3.22. The van der Waals surface area contributed by atoms with Crippen LogP contribution in [0.2, 0.25) is 0 Å². The monoisotopic (exact) mass is 377 g/mol. The summed E-state index contributed by atoms with van der Waals surface area (Å²) in [6.07, 6.45) is 2.34. The maximum Gasteiger partial charge on any atom is 0.285 e. The summed E-state index contributed by atoms with van der Waals surface area (Å²) in [4.78, 5) is 32.1. The zero-order valence-electron chi connectivity index (χ0n) is 14.2. The molecule has 1 aliphatic heterocycles. The Hall–Kier alpha value is -2.46. The molecular formula is C16H19N5O4S. The topological polar surface area (TPSA) is 125 Å². The number of aliphatic carboxylic acids is 1. The van der Waals surface area contributed by atoms with Crippen LogP contribution < -0.4 is 15.3 Å². The Morgan fingerprint density at radius 2 is 2.27 bits per heavy atom. The number of carbonyl (C=O) groups excluding carboxylic acids is 2. The fourth-order valence-electron chi connectivity index (χ4n) is 2.99. The Kier molecular flexibility index (Phi) is 5.84. The summed E-state index contributed by atoms with van der Waals surface area (Å²) < 4.78 is 5.41. The number of likely N-dealkylation sites (N-methyl/N-ethyl adjacent to an activating group) is 1. The van der Waals surface area contributed by atoms with Crippen LogP contribution in [0.5, 0.6) is 0 Å². The van der Waals surface area contributed by atoms with Crippen molar-refractivity contribution in [2.75, 3.05) is 25.1 Å². The highest BCUT2D eigenvalue weighted by Crippen LogP contribution is 2.20. The molecule has 1 unspecified atom stereocenters. The van der Waals surface area contributed by atoms with Gasteiger partial charge in [-0.05, 0) is 12.1 Å². The lowest BCUT2D eigenvalue weighted by atomic mass is 10.1. The molecule has 0 spiro atoms. The van der Waals surface area contributed by atoms with Crippen molar-refractivity contribution in [2.24, 2.45) is 0 Å². The van der Waals surface area contributed by atoms with E-state index in [4.69, 9.17) is 4.52 Å². The zero-order chi connectivity index (χ0) is 18.5. The standard InChI is InChI=1S/C16H19N5O4S/c1-21-7-10(18-13(22)8-26-9-14(23)24)6-12(21)16-19-15(20-25-16)11-4-2-3-5-17-11/h2-5,10,12H,6-9H2,1H3,(H,18,22)(H,23,24)/t10-,12-/m0/s1. The second-order valence-corrected chi connectivity index (χ2v) is 7.12. The molecule has 1 fully saturated rings. The SMILES string of the molecule is C[NH+]1C[C@@H](NC(=O)CSCC(=O)[O-])C[C@H]1c1nc(-c2ccccn2)no1. The Morgan fingerprint density at radius 1 is 1.42 bits per heavy atom. The Bertz CT molecular complexity index is 769. The largest absolute Gasteiger partial charge is 0.549 e. The van der Waals surface area contributed by atoms with Gasteiger partial charge in [-0.25, -0.2) is 0 Å². The zero-order valence-corrected chi connectivity index (χ0v) is 15.0. The van der Waals surface area contributed by atoms with Gasteiger partial charge in [0.2, 0.25) is 11.7 Å². The number of aromatic nitrogens is 3. The van der Waals surface area contributed by atoms with Crippen LogP contribution in [0.25, 0.3) is 11.5 Å². The molecule has 3 rings (SSSR count). The molecule has 2 N–H and O–H groups in total. The first-order valence-corrected chi connectivity index (χ1v) is 9.32. The molecule has 1 amide bonds. The van der Waals surface area contributed by atoms with Crippen molar-refractivity contribution in [1.29, 1.82) is 0 Å². The highest BCUT2D eigenvalue weighted by molar-refractivity contribution is 8.00. The first-order valence-electron chi connectivity index (χ1n) is 8.17. The first kappa shape index (κ1) is 18.3. The number of likely N-dealkylation sites (tertiary alicyclic amines) is 1. The predicted molar refractivity (Wildman–Crippen MR) is 90.9 cm³/mol. The molecule has 3 heterocycles. The van der Waals surface area contributed by atoms with Crippen LogP contribution in [0, 0.1) is 0 Å². The third-order valence-electron chi connectivity index (χ3n) is 4.14. The third kappa shape index (κ3) is 4.58. The number of pyridine rings is 1. The fraction of sp³-hybridized carbons (Fsp3) is 0.438. The van der Waals surface area contributed by atoms with Crippen LogP contribution >= 0.6 is 11.8 Å². The Balaban J connectivity index is 1.56. The molecule has 26 heavy (non-hydrogen) atoms. The lowest BCUT2D eigenvalue weighted by Crippen LogP contribution is -3.07. The van der Waals surface area contributed by atoms with E-state index in [0.717, 1.165) is 23.2 Å². The third-order valence-corrected chi connectivity index (χ3v) is 5.04. The number of nitrogens with zero attached hydrogens (tertiary/aromatic N) is 3. The van der Waals surface area contributed by atoms with Crippen molar-refractivity contribution in [3.8, 4) is 11.5 Å². The number of nitrogens with one attached hydrogen (secondary N) is 2. The maximum absolute atomic E-state index is 11.9. The number of carbonyl (C=O) groups is 2. The molecule has 0 saturated carbocycles. The van der Waals surface area contributed by atoms with Crippen molar-refractivity contribution in [1.82, 2.24) is 20.4 Å². The fourth-order valence-corrected chi connectivity index (χ4v) is 3.53. The molecule has 0 aromatic carbocycles. The molecule has 2 aromatic heterocycles. The number of carboxylic acids is 1. The smallest absolute Gasteiger partial charge is 0.285 e. The minimum Gasteiger partial charge on any atom is -0.549 e. The average molecular weight is 377 g/mol. The van der Waals surface area contributed by atoms with Gasteiger partial charge >= 0.3 is 0 Å². The quantitative estimate of drug-likeness (QED) is 0.571. The van der Waals surface area contributed by atoms with Crippen LogP contribution in [-0.4, -0.2) is 58.1 Å². The molecule has 0 aliphatic carbocycles. The van der Waals surface area contributed by atoms with Crippen LogP contribution in [-0.2, 0) is 9.59 Å². The number of thioether (sulfide) groups is 1. The van der Waals surface area contributed by atoms with Gasteiger partial charge in [-0.2, -0.15) is 4.98 Å². The lowest BCUT2D eigenvalue weighted by Gasteiger charge is -2.11. The number of rotatable bonds is 7. The molecular weight excluding hydrogens is 358 g/mol. The van der Waals surface area contributed by atoms with Crippen molar-refractivity contribution >= 4 is 23.6 Å². The van der Waals surface area contributed by atoms with Crippen LogP contribution in [0.15, 0.2) is 28.9 Å². The van der Waals surface area contributed by atoms with E-state index < -0.39 is 5.97 Å². The van der Waals surface area contributed by atoms with E-state index in [2.05, 4.69) is 20.4 Å². The van der Waals surface area contributed by atoms with Gasteiger partial charge in [0.05, 0.1) is 31.4 Å².